The highest BCUT2D eigenvalue weighted by atomic mass is 32.2. The fraction of sp³-hybridized carbons (Fsp3) is 0.240. The molecule has 3 heterocycles. The molecule has 1 saturated heterocycles. The first-order valence-corrected chi connectivity index (χ1v) is 12.8. The number of sulfonamides is 1. The molecule has 0 bridgehead atoms. The van der Waals surface area contributed by atoms with Crippen LogP contribution in [0.4, 0.5) is 5.82 Å². The zero-order valence-corrected chi connectivity index (χ0v) is 20.4. The van der Waals surface area contributed by atoms with Crippen LogP contribution >= 0.6 is 0 Å². The van der Waals surface area contributed by atoms with E-state index in [0.29, 0.717) is 43.5 Å². The Morgan fingerprint density at radius 1 is 0.771 bits per heavy atom. The molecule has 0 spiro atoms. The van der Waals surface area contributed by atoms with Crippen LogP contribution in [0.25, 0.3) is 5.82 Å². The number of hydrogen-bond acceptors (Lipinski definition) is 7. The van der Waals surface area contributed by atoms with E-state index in [0.717, 1.165) is 17.2 Å². The van der Waals surface area contributed by atoms with E-state index in [2.05, 4.69) is 15.3 Å². The lowest BCUT2D eigenvalue weighted by Gasteiger charge is -2.34. The molecule has 0 N–H and O–H groups in total. The van der Waals surface area contributed by atoms with E-state index in [4.69, 9.17) is 4.74 Å². The summed E-state index contributed by atoms with van der Waals surface area (Å²) < 4.78 is 35.4. The van der Waals surface area contributed by atoms with Crippen LogP contribution in [0.2, 0.25) is 0 Å². The molecule has 180 valence electrons. The van der Waals surface area contributed by atoms with Crippen molar-refractivity contribution < 1.29 is 13.2 Å². The van der Waals surface area contributed by atoms with Gasteiger partial charge in [-0.25, -0.2) is 13.1 Å². The van der Waals surface area contributed by atoms with Gasteiger partial charge >= 0.3 is 0 Å². The smallest absolute Gasteiger partial charge is 0.243 e. The number of rotatable bonds is 6. The van der Waals surface area contributed by atoms with Gasteiger partial charge in [-0.2, -0.15) is 9.40 Å². The topological polar surface area (TPSA) is 93.5 Å². The Morgan fingerprint density at radius 2 is 1.40 bits per heavy atom. The maximum Gasteiger partial charge on any atom is 0.243 e. The van der Waals surface area contributed by atoms with Crippen molar-refractivity contribution in [1.29, 1.82) is 0 Å². The van der Waals surface area contributed by atoms with Crippen LogP contribution in [0.5, 0.6) is 11.5 Å². The maximum atomic E-state index is 13.2. The number of para-hydroxylation sites is 1. The fourth-order valence-corrected chi connectivity index (χ4v) is 5.49. The third kappa shape index (κ3) is 4.89. The quantitative estimate of drug-likeness (QED) is 0.408. The molecule has 35 heavy (non-hydrogen) atoms. The SMILES string of the molecule is Cc1cc(C)n(-c2ccc(N3CCN(S(=O)(=O)c4ccc(Oc5ccccc5)cc4)CC3)nn2)n1. The number of anilines is 1. The van der Waals surface area contributed by atoms with Gasteiger partial charge in [0, 0.05) is 31.9 Å². The summed E-state index contributed by atoms with van der Waals surface area (Å²) in [4.78, 5) is 2.29. The first-order chi connectivity index (χ1) is 16.9. The Morgan fingerprint density at radius 3 is 2.00 bits per heavy atom. The number of piperazine rings is 1. The van der Waals surface area contributed by atoms with Crippen molar-refractivity contribution in [3.63, 3.8) is 0 Å². The van der Waals surface area contributed by atoms with Gasteiger partial charge in [-0.15, -0.1) is 10.2 Å². The van der Waals surface area contributed by atoms with Gasteiger partial charge in [0.1, 0.15) is 11.5 Å². The van der Waals surface area contributed by atoms with E-state index in [1.807, 2.05) is 67.3 Å². The predicted molar refractivity (Wildman–Crippen MR) is 133 cm³/mol. The molecule has 0 aliphatic carbocycles. The lowest BCUT2D eigenvalue weighted by Crippen LogP contribution is -2.49. The summed E-state index contributed by atoms with van der Waals surface area (Å²) in [6.07, 6.45) is 0. The molecule has 0 radical (unpaired) electrons. The number of nitrogens with zero attached hydrogens (tertiary/aromatic N) is 6. The molecule has 0 saturated carbocycles. The molecular formula is C25H26N6O3S. The first kappa shape index (κ1) is 23.0. The minimum absolute atomic E-state index is 0.250. The molecule has 0 unspecified atom stereocenters. The van der Waals surface area contributed by atoms with Crippen molar-refractivity contribution in [1.82, 2.24) is 24.3 Å². The van der Waals surface area contributed by atoms with Gasteiger partial charge in [0.15, 0.2) is 11.6 Å². The summed E-state index contributed by atoms with van der Waals surface area (Å²) >= 11 is 0. The van der Waals surface area contributed by atoms with Gasteiger partial charge < -0.3 is 9.64 Å². The van der Waals surface area contributed by atoms with E-state index in [-0.39, 0.29) is 4.90 Å². The second-order valence-corrected chi connectivity index (χ2v) is 10.3. The zero-order valence-electron chi connectivity index (χ0n) is 19.6. The maximum absolute atomic E-state index is 13.2. The summed E-state index contributed by atoms with van der Waals surface area (Å²) in [7, 11) is -3.60. The van der Waals surface area contributed by atoms with Gasteiger partial charge in [0.2, 0.25) is 10.0 Å². The molecule has 1 fully saturated rings. The highest BCUT2D eigenvalue weighted by Gasteiger charge is 2.29. The largest absolute Gasteiger partial charge is 0.457 e. The standard InChI is InChI=1S/C25H26N6O3S/c1-19-18-20(2)31(28-19)25-13-12-24(26-27-25)29-14-16-30(17-15-29)35(32,33)23-10-8-22(9-11-23)34-21-6-4-3-5-7-21/h3-13,18H,14-17H2,1-2H3. The van der Waals surface area contributed by atoms with Crippen LogP contribution in [-0.2, 0) is 10.0 Å². The van der Waals surface area contributed by atoms with E-state index in [9.17, 15) is 8.42 Å². The van der Waals surface area contributed by atoms with E-state index in [1.165, 1.54) is 4.31 Å². The molecule has 9 nitrogen and oxygen atoms in total. The van der Waals surface area contributed by atoms with Gasteiger partial charge in [-0.3, -0.25) is 0 Å². The Labute approximate surface area is 204 Å². The van der Waals surface area contributed by atoms with Crippen LogP contribution in [-0.4, -0.2) is 58.9 Å². The Hall–Kier alpha value is -3.76. The van der Waals surface area contributed by atoms with Gasteiger partial charge in [0.05, 0.1) is 10.6 Å². The molecule has 2 aromatic carbocycles. The average molecular weight is 491 g/mol. The molecule has 10 heteroatoms. The van der Waals surface area contributed by atoms with Gasteiger partial charge in [0.25, 0.3) is 0 Å². The monoisotopic (exact) mass is 490 g/mol. The van der Waals surface area contributed by atoms with E-state index >= 15 is 0 Å². The summed E-state index contributed by atoms with van der Waals surface area (Å²) in [6.45, 7) is 5.70. The Balaban J connectivity index is 1.22. The normalized spacial score (nSPS) is 14.7. The van der Waals surface area contributed by atoms with Crippen LogP contribution < -0.4 is 9.64 Å². The molecule has 2 aromatic heterocycles. The Bertz CT molecular complexity index is 1400. The minimum atomic E-state index is -3.60. The van der Waals surface area contributed by atoms with Crippen LogP contribution in [0.3, 0.4) is 0 Å². The van der Waals surface area contributed by atoms with E-state index < -0.39 is 10.0 Å². The third-order valence-electron chi connectivity index (χ3n) is 5.87. The predicted octanol–water partition coefficient (Wildman–Crippen LogP) is 3.58. The van der Waals surface area contributed by atoms with Crippen molar-refractivity contribution >= 4 is 15.8 Å². The Kier molecular flexibility index (Phi) is 6.23. The number of ether oxygens (including phenoxy) is 1. The summed E-state index contributed by atoms with van der Waals surface area (Å²) in [5, 5.41) is 13.1. The second kappa shape index (κ2) is 9.47. The van der Waals surface area contributed by atoms with Gasteiger partial charge in [-0.05, 0) is 68.4 Å². The molecular weight excluding hydrogens is 464 g/mol. The molecule has 5 rings (SSSR count). The minimum Gasteiger partial charge on any atom is -0.457 e. The van der Waals surface area contributed by atoms with Crippen molar-refractivity contribution in [2.45, 2.75) is 18.7 Å². The number of aryl methyl sites for hydroxylation is 2. The average Bonchev–Trinajstić information content (AvgIpc) is 3.23. The molecule has 4 aromatic rings. The highest BCUT2D eigenvalue weighted by Crippen LogP contribution is 2.25. The van der Waals surface area contributed by atoms with Crippen molar-refractivity contribution in [2.75, 3.05) is 31.1 Å². The molecule has 0 atom stereocenters. The van der Waals surface area contributed by atoms with Crippen LogP contribution in [0, 0.1) is 13.8 Å². The van der Waals surface area contributed by atoms with Crippen molar-refractivity contribution in [2.24, 2.45) is 0 Å². The zero-order chi connectivity index (χ0) is 24.4. The third-order valence-corrected chi connectivity index (χ3v) is 7.78. The molecule has 1 aliphatic heterocycles. The van der Waals surface area contributed by atoms with Crippen LogP contribution in [0.1, 0.15) is 11.4 Å². The lowest BCUT2D eigenvalue weighted by atomic mass is 10.3. The van der Waals surface area contributed by atoms with E-state index in [1.54, 1.807) is 28.9 Å². The lowest BCUT2D eigenvalue weighted by molar-refractivity contribution is 0.383. The number of benzene rings is 2. The summed E-state index contributed by atoms with van der Waals surface area (Å²) in [5.74, 6) is 2.66. The van der Waals surface area contributed by atoms with Gasteiger partial charge in [-0.1, -0.05) is 18.2 Å². The number of aromatic nitrogens is 4. The highest BCUT2D eigenvalue weighted by molar-refractivity contribution is 7.89. The fourth-order valence-electron chi connectivity index (χ4n) is 4.07. The number of hydrogen-bond donors (Lipinski definition) is 0. The molecule has 1 aliphatic rings. The van der Waals surface area contributed by atoms with Crippen molar-refractivity contribution in [3.05, 3.63) is 84.2 Å². The second-order valence-electron chi connectivity index (χ2n) is 8.37. The first-order valence-electron chi connectivity index (χ1n) is 11.4. The van der Waals surface area contributed by atoms with Crippen LogP contribution in [0.15, 0.2) is 77.7 Å². The summed E-state index contributed by atoms with van der Waals surface area (Å²) in [6, 6.07) is 21.7. The molecule has 0 amide bonds. The summed E-state index contributed by atoms with van der Waals surface area (Å²) in [5.41, 5.74) is 1.91. The van der Waals surface area contributed by atoms with Crippen molar-refractivity contribution in [3.8, 4) is 17.3 Å².